The molecule has 0 aliphatic carbocycles. The van der Waals surface area contributed by atoms with Gasteiger partial charge in [-0.15, -0.1) is 11.8 Å². The van der Waals surface area contributed by atoms with Crippen molar-refractivity contribution in [3.63, 3.8) is 0 Å². The van der Waals surface area contributed by atoms with Crippen molar-refractivity contribution in [1.29, 1.82) is 0 Å². The SMILES string of the molecule is O=S(=O)(c1ccccc1)N1CC2N=CSC2C1. The van der Waals surface area contributed by atoms with E-state index in [4.69, 9.17) is 0 Å². The molecular weight excluding hydrogens is 256 g/mol. The maximum absolute atomic E-state index is 12.3. The molecule has 0 N–H and O–H groups in total. The summed E-state index contributed by atoms with van der Waals surface area (Å²) in [4.78, 5) is 4.66. The Morgan fingerprint density at radius 2 is 2.00 bits per heavy atom. The lowest BCUT2D eigenvalue weighted by molar-refractivity contribution is 0.473. The van der Waals surface area contributed by atoms with Crippen LogP contribution in [0.1, 0.15) is 0 Å². The third-order valence-corrected chi connectivity index (χ3v) is 5.97. The van der Waals surface area contributed by atoms with Gasteiger partial charge < -0.3 is 0 Å². The van der Waals surface area contributed by atoms with E-state index in [0.717, 1.165) is 0 Å². The molecule has 1 saturated heterocycles. The van der Waals surface area contributed by atoms with Crippen molar-refractivity contribution < 1.29 is 8.42 Å². The van der Waals surface area contributed by atoms with Crippen LogP contribution < -0.4 is 0 Å². The molecule has 2 heterocycles. The molecule has 90 valence electrons. The Morgan fingerprint density at radius 3 is 2.71 bits per heavy atom. The summed E-state index contributed by atoms with van der Waals surface area (Å²) in [5.41, 5.74) is 1.84. The molecule has 6 heteroatoms. The van der Waals surface area contributed by atoms with Crippen LogP contribution in [0.5, 0.6) is 0 Å². The van der Waals surface area contributed by atoms with Gasteiger partial charge in [0.25, 0.3) is 0 Å². The predicted octanol–water partition coefficient (Wildman–Crippen LogP) is 1.20. The first-order chi connectivity index (χ1) is 8.18. The Balaban J connectivity index is 1.88. The van der Waals surface area contributed by atoms with Crippen molar-refractivity contribution >= 4 is 27.3 Å². The van der Waals surface area contributed by atoms with Gasteiger partial charge in [0.1, 0.15) is 0 Å². The van der Waals surface area contributed by atoms with Crippen LogP contribution in [0.15, 0.2) is 40.2 Å². The van der Waals surface area contributed by atoms with E-state index >= 15 is 0 Å². The molecule has 0 radical (unpaired) electrons. The van der Waals surface area contributed by atoms with Crippen LogP contribution in [-0.4, -0.2) is 42.7 Å². The number of thioether (sulfide) groups is 1. The number of aliphatic imine (C=N–C) groups is 1. The van der Waals surface area contributed by atoms with E-state index in [0.29, 0.717) is 23.2 Å². The summed E-state index contributed by atoms with van der Waals surface area (Å²) in [5.74, 6) is 0. The van der Waals surface area contributed by atoms with Gasteiger partial charge in [-0.2, -0.15) is 4.31 Å². The summed E-state index contributed by atoms with van der Waals surface area (Å²) in [6.45, 7) is 1.07. The quantitative estimate of drug-likeness (QED) is 0.810. The Labute approximate surface area is 105 Å². The molecule has 1 aromatic carbocycles. The Kier molecular flexibility index (Phi) is 2.72. The fourth-order valence-electron chi connectivity index (χ4n) is 2.13. The maximum Gasteiger partial charge on any atom is 0.243 e. The van der Waals surface area contributed by atoms with Gasteiger partial charge in [0, 0.05) is 18.3 Å². The van der Waals surface area contributed by atoms with Gasteiger partial charge >= 0.3 is 0 Å². The molecule has 2 aliphatic rings. The highest BCUT2D eigenvalue weighted by Gasteiger charge is 2.41. The lowest BCUT2D eigenvalue weighted by atomic mass is 10.3. The van der Waals surface area contributed by atoms with Gasteiger partial charge in [0.15, 0.2) is 0 Å². The highest BCUT2D eigenvalue weighted by Crippen LogP contribution is 2.32. The van der Waals surface area contributed by atoms with Crippen LogP contribution in [0.25, 0.3) is 0 Å². The van der Waals surface area contributed by atoms with E-state index in [2.05, 4.69) is 4.99 Å². The molecule has 0 amide bonds. The molecule has 2 aliphatic heterocycles. The monoisotopic (exact) mass is 268 g/mol. The first kappa shape index (κ1) is 11.3. The fraction of sp³-hybridized carbons (Fsp3) is 0.364. The molecule has 0 aromatic heterocycles. The second-order valence-electron chi connectivity index (χ2n) is 4.13. The van der Waals surface area contributed by atoms with Gasteiger partial charge in [-0.3, -0.25) is 4.99 Å². The molecule has 0 saturated carbocycles. The number of hydrogen-bond donors (Lipinski definition) is 0. The molecule has 2 atom stereocenters. The smallest absolute Gasteiger partial charge is 0.243 e. The van der Waals surface area contributed by atoms with Crippen molar-refractivity contribution in [1.82, 2.24) is 4.31 Å². The van der Waals surface area contributed by atoms with Crippen molar-refractivity contribution in [3.05, 3.63) is 30.3 Å². The summed E-state index contributed by atoms with van der Waals surface area (Å²) >= 11 is 1.63. The standard InChI is InChI=1S/C11H12N2O2S2/c14-17(15,9-4-2-1-3-5-9)13-6-10-11(7-13)16-8-12-10/h1-5,8,10-11H,6-7H2. The fourth-order valence-corrected chi connectivity index (χ4v) is 4.72. The second kappa shape index (κ2) is 4.12. The van der Waals surface area contributed by atoms with Gasteiger partial charge in [-0.05, 0) is 12.1 Å². The van der Waals surface area contributed by atoms with E-state index in [1.807, 2.05) is 11.6 Å². The Bertz CT molecular complexity index is 542. The predicted molar refractivity (Wildman–Crippen MR) is 68.9 cm³/mol. The minimum Gasteiger partial charge on any atom is -0.280 e. The highest BCUT2D eigenvalue weighted by molar-refractivity contribution is 8.13. The van der Waals surface area contributed by atoms with Crippen molar-refractivity contribution in [2.45, 2.75) is 16.2 Å². The van der Waals surface area contributed by atoms with Crippen LogP contribution in [-0.2, 0) is 10.0 Å². The first-order valence-corrected chi connectivity index (χ1v) is 7.78. The average molecular weight is 268 g/mol. The van der Waals surface area contributed by atoms with Crippen molar-refractivity contribution in [2.75, 3.05) is 13.1 Å². The third kappa shape index (κ3) is 1.90. The summed E-state index contributed by atoms with van der Waals surface area (Å²) in [6, 6.07) is 8.73. The number of rotatable bonds is 2. The maximum atomic E-state index is 12.3. The molecule has 2 unspecified atom stereocenters. The summed E-state index contributed by atoms with van der Waals surface area (Å²) < 4.78 is 26.2. The normalized spacial score (nSPS) is 28.5. The van der Waals surface area contributed by atoms with Crippen LogP contribution in [0, 0.1) is 0 Å². The molecule has 0 spiro atoms. The van der Waals surface area contributed by atoms with E-state index in [1.54, 1.807) is 40.3 Å². The Morgan fingerprint density at radius 1 is 1.24 bits per heavy atom. The topological polar surface area (TPSA) is 49.7 Å². The zero-order valence-electron chi connectivity index (χ0n) is 9.06. The van der Waals surface area contributed by atoms with Crippen LogP contribution >= 0.6 is 11.8 Å². The molecular formula is C11H12N2O2S2. The summed E-state index contributed by atoms with van der Waals surface area (Å²) in [7, 11) is -3.33. The largest absolute Gasteiger partial charge is 0.280 e. The van der Waals surface area contributed by atoms with E-state index in [9.17, 15) is 8.42 Å². The third-order valence-electron chi connectivity index (χ3n) is 3.07. The first-order valence-electron chi connectivity index (χ1n) is 5.40. The van der Waals surface area contributed by atoms with Gasteiger partial charge in [0.05, 0.1) is 16.5 Å². The highest BCUT2D eigenvalue weighted by atomic mass is 32.2. The zero-order valence-corrected chi connectivity index (χ0v) is 10.7. The zero-order chi connectivity index (χ0) is 11.9. The number of benzene rings is 1. The van der Waals surface area contributed by atoms with Gasteiger partial charge in [-0.1, -0.05) is 18.2 Å². The lowest BCUT2D eigenvalue weighted by Crippen LogP contribution is -2.29. The van der Waals surface area contributed by atoms with Gasteiger partial charge in [-0.25, -0.2) is 8.42 Å². The van der Waals surface area contributed by atoms with E-state index in [1.165, 1.54) is 0 Å². The minimum atomic E-state index is -3.33. The number of hydrogen-bond acceptors (Lipinski definition) is 4. The van der Waals surface area contributed by atoms with Crippen LogP contribution in [0.4, 0.5) is 0 Å². The Hall–Kier alpha value is -0.850. The van der Waals surface area contributed by atoms with Crippen LogP contribution in [0.2, 0.25) is 0 Å². The minimum absolute atomic E-state index is 0.137. The van der Waals surface area contributed by atoms with Crippen molar-refractivity contribution in [2.24, 2.45) is 4.99 Å². The molecule has 1 fully saturated rings. The average Bonchev–Trinajstić information content (AvgIpc) is 2.90. The number of nitrogens with zero attached hydrogens (tertiary/aromatic N) is 2. The lowest BCUT2D eigenvalue weighted by Gasteiger charge is -2.16. The number of fused-ring (bicyclic) bond motifs is 1. The number of sulfonamides is 1. The molecule has 1 aromatic rings. The van der Waals surface area contributed by atoms with Crippen LogP contribution in [0.3, 0.4) is 0 Å². The second-order valence-corrected chi connectivity index (χ2v) is 7.16. The molecule has 3 rings (SSSR count). The van der Waals surface area contributed by atoms with Gasteiger partial charge in [0.2, 0.25) is 10.0 Å². The summed E-state index contributed by atoms with van der Waals surface area (Å²) in [6.07, 6.45) is 0. The van der Waals surface area contributed by atoms with E-state index in [-0.39, 0.29) is 6.04 Å². The summed E-state index contributed by atoms with van der Waals surface area (Å²) in [5, 5.41) is 0.300. The van der Waals surface area contributed by atoms with E-state index < -0.39 is 10.0 Å². The molecule has 17 heavy (non-hydrogen) atoms. The van der Waals surface area contributed by atoms with Crippen molar-refractivity contribution in [3.8, 4) is 0 Å². The molecule has 0 bridgehead atoms. The molecule has 4 nitrogen and oxygen atoms in total.